The molecule has 0 aromatic heterocycles. The molecule has 0 aliphatic carbocycles. The first kappa shape index (κ1) is 13.0. The van der Waals surface area contributed by atoms with Crippen LogP contribution >= 0.6 is 0 Å². The van der Waals surface area contributed by atoms with Crippen molar-refractivity contribution in [2.24, 2.45) is 5.41 Å². The molecule has 1 saturated heterocycles. The minimum atomic E-state index is -0.478. The maximum absolute atomic E-state index is 11.5. The third-order valence-corrected chi connectivity index (χ3v) is 2.78. The lowest BCUT2D eigenvalue weighted by Gasteiger charge is -2.47. The molecule has 0 aromatic carbocycles. The second-order valence-electron chi connectivity index (χ2n) is 5.92. The van der Waals surface area contributed by atoms with Gasteiger partial charge in [0.25, 0.3) is 0 Å². The number of ether oxygens (including phenoxy) is 1. The van der Waals surface area contributed by atoms with E-state index in [1.807, 2.05) is 34.6 Å². The minimum Gasteiger partial charge on any atom is -0.463 e. The van der Waals surface area contributed by atoms with Gasteiger partial charge in [0.2, 0.25) is 5.91 Å². The second-order valence-corrected chi connectivity index (χ2v) is 5.92. The molecule has 0 spiro atoms. The van der Waals surface area contributed by atoms with Gasteiger partial charge < -0.3 is 9.64 Å². The summed E-state index contributed by atoms with van der Waals surface area (Å²) in [6, 6.07) is 0. The van der Waals surface area contributed by atoms with Gasteiger partial charge in [-0.2, -0.15) is 0 Å². The molecule has 0 aromatic rings. The van der Waals surface area contributed by atoms with Crippen LogP contribution in [0, 0.1) is 5.41 Å². The summed E-state index contributed by atoms with van der Waals surface area (Å²) in [6.45, 7) is 10.2. The van der Waals surface area contributed by atoms with Crippen LogP contribution in [0.1, 0.15) is 41.0 Å². The van der Waals surface area contributed by atoms with E-state index in [-0.39, 0.29) is 24.0 Å². The number of likely N-dealkylation sites (tertiary alicyclic amines) is 1. The molecule has 0 radical (unpaired) electrons. The van der Waals surface area contributed by atoms with Gasteiger partial charge in [0.15, 0.2) is 0 Å². The van der Waals surface area contributed by atoms with Crippen molar-refractivity contribution < 1.29 is 14.3 Å². The molecule has 0 saturated carbocycles. The van der Waals surface area contributed by atoms with Crippen molar-refractivity contribution in [1.29, 1.82) is 0 Å². The number of hydrogen-bond acceptors (Lipinski definition) is 3. The molecule has 1 amide bonds. The van der Waals surface area contributed by atoms with Gasteiger partial charge in [-0.25, -0.2) is 0 Å². The van der Waals surface area contributed by atoms with Gasteiger partial charge in [0.1, 0.15) is 6.61 Å². The van der Waals surface area contributed by atoms with E-state index in [0.29, 0.717) is 13.0 Å². The Balaban J connectivity index is 2.32. The highest BCUT2D eigenvalue weighted by molar-refractivity contribution is 5.84. The molecule has 1 heterocycles. The predicted octanol–water partition coefficient (Wildman–Crippen LogP) is 1.59. The molecule has 16 heavy (non-hydrogen) atoms. The monoisotopic (exact) mass is 227 g/mol. The highest BCUT2D eigenvalue weighted by atomic mass is 16.5. The van der Waals surface area contributed by atoms with Crippen LogP contribution in [0.3, 0.4) is 0 Å². The summed E-state index contributed by atoms with van der Waals surface area (Å²) in [6.07, 6.45) is 0.584. The summed E-state index contributed by atoms with van der Waals surface area (Å²) in [5.74, 6) is -0.0879. The molecular formula is C12H21NO3. The van der Waals surface area contributed by atoms with E-state index in [1.54, 1.807) is 4.90 Å². The van der Waals surface area contributed by atoms with Crippen LogP contribution in [-0.4, -0.2) is 35.5 Å². The average Bonchev–Trinajstić information content (AvgIpc) is 2.09. The topological polar surface area (TPSA) is 46.6 Å². The first-order valence-corrected chi connectivity index (χ1v) is 5.62. The molecule has 92 valence electrons. The third kappa shape index (κ3) is 2.74. The zero-order valence-electron chi connectivity index (χ0n) is 10.8. The van der Waals surface area contributed by atoms with E-state index in [9.17, 15) is 9.59 Å². The van der Waals surface area contributed by atoms with E-state index in [0.717, 1.165) is 0 Å². The lowest BCUT2D eigenvalue weighted by molar-refractivity contribution is -0.161. The molecule has 4 heteroatoms. The van der Waals surface area contributed by atoms with Crippen molar-refractivity contribution in [3.05, 3.63) is 0 Å². The van der Waals surface area contributed by atoms with Crippen LogP contribution in [0.4, 0.5) is 0 Å². The van der Waals surface area contributed by atoms with E-state index in [4.69, 9.17) is 4.74 Å². The van der Waals surface area contributed by atoms with E-state index in [2.05, 4.69) is 0 Å². The van der Waals surface area contributed by atoms with Gasteiger partial charge in [-0.15, -0.1) is 0 Å². The molecule has 0 N–H and O–H groups in total. The number of rotatable bonds is 3. The molecule has 1 fully saturated rings. The van der Waals surface area contributed by atoms with Crippen LogP contribution in [0.25, 0.3) is 0 Å². The SMILES string of the molecule is CC(C)(C)C(=O)OCCN1C(=O)CC1(C)C. The Labute approximate surface area is 96.9 Å². The maximum Gasteiger partial charge on any atom is 0.311 e. The second kappa shape index (κ2) is 4.07. The standard InChI is InChI=1S/C12H21NO3/c1-11(2,3)10(15)16-7-6-13-9(14)8-12(13,4)5/h6-8H2,1-5H3. The Kier molecular flexibility index (Phi) is 3.31. The lowest BCUT2D eigenvalue weighted by atomic mass is 9.88. The summed E-state index contributed by atoms with van der Waals surface area (Å²) in [5.41, 5.74) is -0.556. The van der Waals surface area contributed by atoms with Crippen LogP contribution < -0.4 is 0 Å². The summed E-state index contributed by atoms with van der Waals surface area (Å²) in [4.78, 5) is 24.5. The zero-order chi connectivity index (χ0) is 12.6. The molecule has 0 unspecified atom stereocenters. The Hall–Kier alpha value is -1.06. The number of nitrogens with zero attached hydrogens (tertiary/aromatic N) is 1. The lowest BCUT2D eigenvalue weighted by Crippen LogP contribution is -2.60. The van der Waals surface area contributed by atoms with Crippen molar-refractivity contribution in [1.82, 2.24) is 4.90 Å². The number of carbonyl (C=O) groups excluding carboxylic acids is 2. The Morgan fingerprint density at radius 1 is 1.44 bits per heavy atom. The van der Waals surface area contributed by atoms with Gasteiger partial charge in [0, 0.05) is 12.0 Å². The van der Waals surface area contributed by atoms with Gasteiger partial charge in [-0.05, 0) is 34.6 Å². The fourth-order valence-electron chi connectivity index (χ4n) is 1.68. The molecule has 1 rings (SSSR count). The maximum atomic E-state index is 11.5. The Bertz CT molecular complexity index is 302. The molecule has 0 atom stereocenters. The number of esters is 1. The van der Waals surface area contributed by atoms with E-state index < -0.39 is 5.41 Å². The molecule has 0 bridgehead atoms. The van der Waals surface area contributed by atoms with Crippen molar-refractivity contribution >= 4 is 11.9 Å². The Morgan fingerprint density at radius 2 is 2.00 bits per heavy atom. The number of β-lactam (4-membered cyclic amide) rings is 1. The third-order valence-electron chi connectivity index (χ3n) is 2.78. The van der Waals surface area contributed by atoms with Gasteiger partial charge >= 0.3 is 5.97 Å². The quantitative estimate of drug-likeness (QED) is 0.543. The zero-order valence-corrected chi connectivity index (χ0v) is 10.8. The van der Waals surface area contributed by atoms with E-state index >= 15 is 0 Å². The predicted molar refractivity (Wildman–Crippen MR) is 60.8 cm³/mol. The summed E-state index contributed by atoms with van der Waals surface area (Å²) in [5, 5.41) is 0. The highest BCUT2D eigenvalue weighted by Crippen LogP contribution is 2.30. The average molecular weight is 227 g/mol. The van der Waals surface area contributed by atoms with E-state index in [1.165, 1.54) is 0 Å². The van der Waals surface area contributed by atoms with Crippen LogP contribution in [0.5, 0.6) is 0 Å². The number of amides is 1. The van der Waals surface area contributed by atoms with Crippen molar-refractivity contribution in [3.63, 3.8) is 0 Å². The molecule has 1 aliphatic rings. The van der Waals surface area contributed by atoms with Gasteiger partial charge in [-0.3, -0.25) is 9.59 Å². The first-order valence-electron chi connectivity index (χ1n) is 5.62. The number of hydrogen-bond donors (Lipinski definition) is 0. The molecular weight excluding hydrogens is 206 g/mol. The molecule has 1 aliphatic heterocycles. The van der Waals surface area contributed by atoms with Crippen molar-refractivity contribution in [2.45, 2.75) is 46.6 Å². The molecule has 4 nitrogen and oxygen atoms in total. The normalized spacial score (nSPS) is 19.3. The minimum absolute atomic E-state index is 0.0782. The van der Waals surface area contributed by atoms with Crippen molar-refractivity contribution in [2.75, 3.05) is 13.2 Å². The van der Waals surface area contributed by atoms with Gasteiger partial charge in [-0.1, -0.05) is 0 Å². The largest absolute Gasteiger partial charge is 0.463 e. The fourth-order valence-corrected chi connectivity index (χ4v) is 1.68. The highest BCUT2D eigenvalue weighted by Gasteiger charge is 2.42. The van der Waals surface area contributed by atoms with Crippen LogP contribution in [0.15, 0.2) is 0 Å². The van der Waals surface area contributed by atoms with Crippen LogP contribution in [0.2, 0.25) is 0 Å². The van der Waals surface area contributed by atoms with Crippen LogP contribution in [-0.2, 0) is 14.3 Å². The fraction of sp³-hybridized carbons (Fsp3) is 0.833. The summed E-state index contributed by atoms with van der Waals surface area (Å²) in [7, 11) is 0. The summed E-state index contributed by atoms with van der Waals surface area (Å²) >= 11 is 0. The van der Waals surface area contributed by atoms with Gasteiger partial charge in [0.05, 0.1) is 12.0 Å². The summed E-state index contributed by atoms with van der Waals surface area (Å²) < 4.78 is 5.12. The Morgan fingerprint density at radius 3 is 2.38 bits per heavy atom. The smallest absolute Gasteiger partial charge is 0.311 e. The first-order chi connectivity index (χ1) is 7.14. The van der Waals surface area contributed by atoms with Crippen molar-refractivity contribution in [3.8, 4) is 0 Å². The number of carbonyl (C=O) groups is 2.